The Morgan fingerprint density at radius 1 is 1.44 bits per heavy atom. The molecular weight excluding hydrogens is 203 g/mol. The first-order valence-corrected chi connectivity index (χ1v) is 5.91. The van der Waals surface area contributed by atoms with Gasteiger partial charge in [0.1, 0.15) is 5.82 Å². The van der Waals surface area contributed by atoms with Gasteiger partial charge in [0.25, 0.3) is 0 Å². The van der Waals surface area contributed by atoms with Crippen molar-refractivity contribution in [1.82, 2.24) is 10.2 Å². The van der Waals surface area contributed by atoms with E-state index in [0.717, 1.165) is 31.2 Å². The lowest BCUT2D eigenvalue weighted by atomic mass is 10.2. The van der Waals surface area contributed by atoms with Crippen LogP contribution in [0.15, 0.2) is 24.3 Å². The molecule has 0 amide bonds. The fourth-order valence-electron chi connectivity index (χ4n) is 1.83. The summed E-state index contributed by atoms with van der Waals surface area (Å²) in [4.78, 5) is 2.39. The Morgan fingerprint density at radius 3 is 2.94 bits per heavy atom. The largest absolute Gasteiger partial charge is 0.311 e. The van der Waals surface area contributed by atoms with Crippen LogP contribution in [0.5, 0.6) is 0 Å². The fourth-order valence-corrected chi connectivity index (χ4v) is 1.83. The Hall–Kier alpha value is -0.930. The van der Waals surface area contributed by atoms with E-state index in [1.807, 2.05) is 6.07 Å². The summed E-state index contributed by atoms with van der Waals surface area (Å²) < 4.78 is 12.9. The van der Waals surface area contributed by atoms with Crippen molar-refractivity contribution in [2.24, 2.45) is 0 Å². The highest BCUT2D eigenvalue weighted by Crippen LogP contribution is 2.24. The normalized spacial score (nSPS) is 15.7. The van der Waals surface area contributed by atoms with Gasteiger partial charge in [-0.25, -0.2) is 4.39 Å². The van der Waals surface area contributed by atoms with Gasteiger partial charge in [-0.2, -0.15) is 0 Å². The minimum Gasteiger partial charge on any atom is -0.311 e. The second-order valence-electron chi connectivity index (χ2n) is 4.52. The van der Waals surface area contributed by atoms with E-state index in [0.29, 0.717) is 0 Å². The van der Waals surface area contributed by atoms with Crippen LogP contribution in [0.1, 0.15) is 18.4 Å². The zero-order valence-electron chi connectivity index (χ0n) is 9.75. The van der Waals surface area contributed by atoms with Crippen molar-refractivity contribution >= 4 is 0 Å². The molecule has 1 fully saturated rings. The number of hydrogen-bond donors (Lipinski definition) is 1. The lowest BCUT2D eigenvalue weighted by Gasteiger charge is -2.15. The molecule has 1 aliphatic rings. The van der Waals surface area contributed by atoms with Crippen molar-refractivity contribution in [2.45, 2.75) is 25.4 Å². The van der Waals surface area contributed by atoms with Gasteiger partial charge in [0.05, 0.1) is 0 Å². The third-order valence-electron chi connectivity index (χ3n) is 3.03. The summed E-state index contributed by atoms with van der Waals surface area (Å²) in [5.74, 6) is -0.158. The van der Waals surface area contributed by atoms with E-state index in [1.165, 1.54) is 18.9 Å². The topological polar surface area (TPSA) is 15.3 Å². The molecule has 0 bridgehead atoms. The van der Waals surface area contributed by atoms with Gasteiger partial charge in [-0.05, 0) is 37.6 Å². The van der Waals surface area contributed by atoms with Gasteiger partial charge in [-0.15, -0.1) is 0 Å². The first-order valence-electron chi connectivity index (χ1n) is 5.91. The molecule has 88 valence electrons. The Bertz CT molecular complexity index is 336. The highest BCUT2D eigenvalue weighted by molar-refractivity contribution is 5.15. The zero-order chi connectivity index (χ0) is 11.4. The predicted molar refractivity (Wildman–Crippen MR) is 63.8 cm³/mol. The highest BCUT2D eigenvalue weighted by Gasteiger charge is 2.25. The van der Waals surface area contributed by atoms with E-state index in [9.17, 15) is 4.39 Å². The molecule has 2 rings (SSSR count). The third-order valence-corrected chi connectivity index (χ3v) is 3.03. The summed E-state index contributed by atoms with van der Waals surface area (Å²) in [5.41, 5.74) is 1.01. The van der Waals surface area contributed by atoms with Crippen LogP contribution in [0.25, 0.3) is 0 Å². The lowest BCUT2D eigenvalue weighted by molar-refractivity contribution is 0.321. The van der Waals surface area contributed by atoms with E-state index in [-0.39, 0.29) is 5.82 Å². The summed E-state index contributed by atoms with van der Waals surface area (Å²) in [6.07, 6.45) is 2.70. The average molecular weight is 222 g/mol. The first-order chi connectivity index (χ1) is 7.75. The fraction of sp³-hybridized carbons (Fsp3) is 0.538. The van der Waals surface area contributed by atoms with Crippen molar-refractivity contribution in [2.75, 3.05) is 20.1 Å². The Balaban J connectivity index is 1.63. The van der Waals surface area contributed by atoms with E-state index in [1.54, 1.807) is 12.1 Å². The minimum atomic E-state index is -0.158. The first kappa shape index (κ1) is 11.6. The van der Waals surface area contributed by atoms with Gasteiger partial charge < -0.3 is 10.2 Å². The molecule has 0 heterocycles. The van der Waals surface area contributed by atoms with E-state index in [2.05, 4.69) is 17.3 Å². The van der Waals surface area contributed by atoms with Crippen LogP contribution in [0.3, 0.4) is 0 Å². The number of likely N-dealkylation sites (N-methyl/N-ethyl adjacent to an activating group) is 1. The van der Waals surface area contributed by atoms with Crippen molar-refractivity contribution in [3.63, 3.8) is 0 Å². The number of benzene rings is 1. The molecule has 0 unspecified atom stereocenters. The molecule has 1 N–H and O–H groups in total. The third kappa shape index (κ3) is 3.58. The maximum atomic E-state index is 12.9. The number of nitrogens with one attached hydrogen (secondary N) is 1. The second-order valence-corrected chi connectivity index (χ2v) is 4.52. The van der Waals surface area contributed by atoms with E-state index in [4.69, 9.17) is 0 Å². The SMILES string of the molecule is CN(CCNCc1cccc(F)c1)C1CC1. The molecule has 1 saturated carbocycles. The number of halogens is 1. The second kappa shape index (κ2) is 5.41. The maximum absolute atomic E-state index is 12.9. The molecular formula is C13H19FN2. The number of rotatable bonds is 6. The lowest BCUT2D eigenvalue weighted by Crippen LogP contribution is -2.30. The minimum absolute atomic E-state index is 0.158. The van der Waals surface area contributed by atoms with Gasteiger partial charge >= 0.3 is 0 Å². The molecule has 0 spiro atoms. The van der Waals surface area contributed by atoms with Gasteiger partial charge in [-0.1, -0.05) is 12.1 Å². The van der Waals surface area contributed by atoms with Crippen LogP contribution in [-0.2, 0) is 6.54 Å². The van der Waals surface area contributed by atoms with Crippen LogP contribution in [0.2, 0.25) is 0 Å². The molecule has 0 aromatic heterocycles. The van der Waals surface area contributed by atoms with Crippen molar-refractivity contribution in [1.29, 1.82) is 0 Å². The van der Waals surface area contributed by atoms with E-state index >= 15 is 0 Å². The molecule has 0 atom stereocenters. The number of nitrogens with zero attached hydrogens (tertiary/aromatic N) is 1. The van der Waals surface area contributed by atoms with Gasteiger partial charge in [0.15, 0.2) is 0 Å². The Morgan fingerprint density at radius 2 is 2.25 bits per heavy atom. The summed E-state index contributed by atoms with van der Waals surface area (Å²) in [6.45, 7) is 2.78. The van der Waals surface area contributed by atoms with Crippen LogP contribution in [0, 0.1) is 5.82 Å². The smallest absolute Gasteiger partial charge is 0.123 e. The summed E-state index contributed by atoms with van der Waals surface area (Å²) in [6, 6.07) is 7.57. The molecule has 0 radical (unpaired) electrons. The Labute approximate surface area is 96.5 Å². The zero-order valence-corrected chi connectivity index (χ0v) is 9.75. The van der Waals surface area contributed by atoms with Crippen LogP contribution in [0.4, 0.5) is 4.39 Å². The summed E-state index contributed by atoms with van der Waals surface area (Å²) in [5, 5.41) is 3.33. The van der Waals surface area contributed by atoms with Crippen LogP contribution >= 0.6 is 0 Å². The maximum Gasteiger partial charge on any atom is 0.123 e. The standard InChI is InChI=1S/C13H19FN2/c1-16(13-5-6-13)8-7-15-10-11-3-2-4-12(14)9-11/h2-4,9,13,15H,5-8,10H2,1H3. The summed E-state index contributed by atoms with van der Waals surface area (Å²) >= 11 is 0. The molecule has 1 aliphatic carbocycles. The highest BCUT2D eigenvalue weighted by atomic mass is 19.1. The molecule has 0 aliphatic heterocycles. The average Bonchev–Trinajstić information content (AvgIpc) is 3.08. The number of hydrogen-bond acceptors (Lipinski definition) is 2. The van der Waals surface area contributed by atoms with Crippen molar-refractivity contribution in [3.8, 4) is 0 Å². The molecule has 2 nitrogen and oxygen atoms in total. The molecule has 1 aromatic rings. The summed E-state index contributed by atoms with van der Waals surface area (Å²) in [7, 11) is 2.17. The van der Waals surface area contributed by atoms with E-state index < -0.39 is 0 Å². The van der Waals surface area contributed by atoms with Gasteiger partial charge in [-0.3, -0.25) is 0 Å². The molecule has 3 heteroatoms. The monoisotopic (exact) mass is 222 g/mol. The quantitative estimate of drug-likeness (QED) is 0.741. The molecule has 0 saturated heterocycles. The predicted octanol–water partition coefficient (Wildman–Crippen LogP) is 2.01. The van der Waals surface area contributed by atoms with Crippen LogP contribution in [-0.4, -0.2) is 31.1 Å². The Kier molecular flexibility index (Phi) is 3.91. The van der Waals surface area contributed by atoms with Gasteiger partial charge in [0, 0.05) is 25.7 Å². The molecule has 16 heavy (non-hydrogen) atoms. The van der Waals surface area contributed by atoms with Crippen molar-refractivity contribution in [3.05, 3.63) is 35.6 Å². The van der Waals surface area contributed by atoms with Crippen molar-refractivity contribution < 1.29 is 4.39 Å². The molecule has 1 aromatic carbocycles. The van der Waals surface area contributed by atoms with Gasteiger partial charge in [0.2, 0.25) is 0 Å². The van der Waals surface area contributed by atoms with Crippen LogP contribution < -0.4 is 5.32 Å².